The third-order valence-electron chi connectivity index (χ3n) is 11.3. The number of unbranched alkanes of at least 4 members (excludes halogenated alkanes) is 25. The van der Waals surface area contributed by atoms with Crippen LogP contribution in [-0.2, 0) is 37.5 Å². The summed E-state index contributed by atoms with van der Waals surface area (Å²) in [6.45, 7) is 2.74. The van der Waals surface area contributed by atoms with Crippen molar-refractivity contribution in [2.45, 2.75) is 244 Å². The SMILES string of the molecule is CCCCC/C=C/C/C=C/C/C=C/C/C=C/C/C=C/CCC(=O)OC[C@H](COP(=O)(O)OC[C@H](N)C(=O)O)OC(=O)CCCCCCCCCCCCCCCCCCCCCCCCC. The standard InChI is InChI=1S/C54H96NO10P/c1-3-5-7-9-11-13-15-17-19-21-23-24-25-26-28-30-32-34-36-38-40-42-44-46-53(57)65-50(48-63-66(60,61)64-49-51(55)54(58)59)47-62-52(56)45-43-41-39-37-35-33-31-29-27-22-20-18-16-14-12-10-8-6-4-2/h12,14,18,20,27,29,33,35,39,41,50-51H,3-11,13,15-17,19,21-26,28,30-32,34,36-38,40,42-49,55H2,1-2H3,(H,58,59)(H,60,61)/b14-12+,20-18+,29-27+,35-33+,41-39+/t50-,51+/m1/s1. The van der Waals surface area contributed by atoms with Crippen molar-refractivity contribution in [1.82, 2.24) is 0 Å². The highest BCUT2D eigenvalue weighted by molar-refractivity contribution is 7.47. The Balaban J connectivity index is 4.30. The third-order valence-corrected chi connectivity index (χ3v) is 12.2. The van der Waals surface area contributed by atoms with Gasteiger partial charge in [-0.25, -0.2) is 4.57 Å². The second kappa shape index (κ2) is 48.6. The van der Waals surface area contributed by atoms with E-state index in [2.05, 4.69) is 67.0 Å². The maximum absolute atomic E-state index is 12.7. The minimum atomic E-state index is -4.74. The number of nitrogens with two attached hydrogens (primary N) is 1. The molecule has 4 N–H and O–H groups in total. The number of carbonyl (C=O) groups is 3. The zero-order valence-corrected chi connectivity index (χ0v) is 42.7. The van der Waals surface area contributed by atoms with Crippen molar-refractivity contribution in [2.24, 2.45) is 5.73 Å². The van der Waals surface area contributed by atoms with Crippen molar-refractivity contribution in [1.29, 1.82) is 0 Å². The molecule has 0 saturated carbocycles. The van der Waals surface area contributed by atoms with Gasteiger partial charge in [0.1, 0.15) is 12.6 Å². The molecule has 0 aromatic heterocycles. The Kier molecular flexibility index (Phi) is 46.6. The van der Waals surface area contributed by atoms with Crippen molar-refractivity contribution in [3.63, 3.8) is 0 Å². The Bertz CT molecular complexity index is 1350. The van der Waals surface area contributed by atoms with Crippen LogP contribution in [0.1, 0.15) is 232 Å². The molecule has 382 valence electrons. The molecule has 0 fully saturated rings. The maximum Gasteiger partial charge on any atom is 0.472 e. The average Bonchev–Trinajstić information content (AvgIpc) is 3.30. The summed E-state index contributed by atoms with van der Waals surface area (Å²) in [7, 11) is -4.74. The number of hydrogen-bond donors (Lipinski definition) is 3. The van der Waals surface area contributed by atoms with Crippen molar-refractivity contribution in [3.8, 4) is 0 Å². The van der Waals surface area contributed by atoms with Crippen LogP contribution in [0.3, 0.4) is 0 Å². The molecule has 0 rings (SSSR count). The highest BCUT2D eigenvalue weighted by Gasteiger charge is 2.28. The molecule has 0 heterocycles. The molecule has 0 saturated heterocycles. The van der Waals surface area contributed by atoms with Crippen LogP contribution >= 0.6 is 7.82 Å². The quantitative estimate of drug-likeness (QED) is 0.0229. The van der Waals surface area contributed by atoms with Gasteiger partial charge in [-0.3, -0.25) is 23.4 Å². The molecule has 0 aliphatic carbocycles. The van der Waals surface area contributed by atoms with Crippen LogP contribution < -0.4 is 5.73 Å². The molecular weight excluding hydrogens is 854 g/mol. The summed E-state index contributed by atoms with van der Waals surface area (Å²) in [5.74, 6) is -2.47. The minimum Gasteiger partial charge on any atom is -0.480 e. The van der Waals surface area contributed by atoms with Gasteiger partial charge in [0.05, 0.1) is 13.2 Å². The molecule has 0 aromatic carbocycles. The maximum atomic E-state index is 12.7. The second-order valence-electron chi connectivity index (χ2n) is 17.7. The number of esters is 2. The number of aliphatic carboxylic acids is 1. The van der Waals surface area contributed by atoms with Crippen LogP contribution in [0, 0.1) is 0 Å². The average molecular weight is 950 g/mol. The number of phosphoric acid groups is 1. The van der Waals surface area contributed by atoms with E-state index in [1.807, 2.05) is 12.2 Å². The Morgan fingerprint density at radius 1 is 0.470 bits per heavy atom. The summed E-state index contributed by atoms with van der Waals surface area (Å²) in [5.41, 5.74) is 5.35. The van der Waals surface area contributed by atoms with Crippen LogP contribution in [0.4, 0.5) is 0 Å². The number of ether oxygens (including phenoxy) is 2. The first-order valence-corrected chi connectivity index (χ1v) is 27.8. The highest BCUT2D eigenvalue weighted by Crippen LogP contribution is 2.43. The Morgan fingerprint density at radius 3 is 1.26 bits per heavy atom. The van der Waals surface area contributed by atoms with Crippen molar-refractivity contribution in [2.75, 3.05) is 19.8 Å². The van der Waals surface area contributed by atoms with Crippen molar-refractivity contribution < 1.29 is 47.5 Å². The smallest absolute Gasteiger partial charge is 0.472 e. The first kappa shape index (κ1) is 63.2. The first-order chi connectivity index (χ1) is 32.1. The molecule has 3 atom stereocenters. The Morgan fingerprint density at radius 2 is 0.833 bits per heavy atom. The highest BCUT2D eigenvalue weighted by atomic mass is 31.2. The molecule has 0 aliphatic rings. The summed E-state index contributed by atoms with van der Waals surface area (Å²) in [6.07, 6.45) is 58.8. The number of allylic oxidation sites excluding steroid dienone is 10. The molecule has 11 nitrogen and oxygen atoms in total. The van der Waals surface area contributed by atoms with E-state index < -0.39 is 51.1 Å². The Hall–Kier alpha value is -2.82. The largest absolute Gasteiger partial charge is 0.480 e. The van der Waals surface area contributed by atoms with Gasteiger partial charge in [0.2, 0.25) is 0 Å². The van der Waals surface area contributed by atoms with E-state index in [1.54, 1.807) is 0 Å². The molecule has 12 heteroatoms. The summed E-state index contributed by atoms with van der Waals surface area (Å²) in [4.78, 5) is 46.2. The monoisotopic (exact) mass is 950 g/mol. The predicted molar refractivity (Wildman–Crippen MR) is 272 cm³/mol. The van der Waals surface area contributed by atoms with Gasteiger partial charge >= 0.3 is 25.7 Å². The molecule has 0 aromatic rings. The van der Waals surface area contributed by atoms with Gasteiger partial charge in [0.15, 0.2) is 6.10 Å². The fourth-order valence-electron chi connectivity index (χ4n) is 7.17. The van der Waals surface area contributed by atoms with E-state index in [4.69, 9.17) is 24.8 Å². The minimum absolute atomic E-state index is 0.0980. The van der Waals surface area contributed by atoms with Crippen LogP contribution in [0.15, 0.2) is 60.8 Å². The van der Waals surface area contributed by atoms with Crippen LogP contribution in [-0.4, -0.2) is 59.9 Å². The molecule has 0 bridgehead atoms. The molecule has 1 unspecified atom stereocenters. The van der Waals surface area contributed by atoms with Gasteiger partial charge < -0.3 is 25.2 Å². The molecular formula is C54H96NO10P. The van der Waals surface area contributed by atoms with Gasteiger partial charge in [-0.15, -0.1) is 0 Å². The summed E-state index contributed by atoms with van der Waals surface area (Å²) in [6, 6.07) is -1.53. The topological polar surface area (TPSA) is 172 Å². The third kappa shape index (κ3) is 47.7. The molecule has 66 heavy (non-hydrogen) atoms. The number of carboxylic acid groups (broad SMARTS) is 1. The lowest BCUT2D eigenvalue weighted by Crippen LogP contribution is -2.34. The van der Waals surface area contributed by atoms with Gasteiger partial charge in [-0.1, -0.05) is 229 Å². The van der Waals surface area contributed by atoms with Gasteiger partial charge in [-0.05, 0) is 51.4 Å². The van der Waals surface area contributed by atoms with Crippen molar-refractivity contribution in [3.05, 3.63) is 60.8 Å². The predicted octanol–water partition coefficient (Wildman–Crippen LogP) is 15.1. The van der Waals surface area contributed by atoms with Crippen LogP contribution in [0.25, 0.3) is 0 Å². The number of rotatable bonds is 49. The van der Waals surface area contributed by atoms with Crippen LogP contribution in [0.5, 0.6) is 0 Å². The summed E-state index contributed by atoms with van der Waals surface area (Å²) >= 11 is 0. The van der Waals surface area contributed by atoms with Crippen LogP contribution in [0.2, 0.25) is 0 Å². The second-order valence-corrected chi connectivity index (χ2v) is 19.1. The molecule has 0 amide bonds. The Labute approximate surface area is 402 Å². The van der Waals surface area contributed by atoms with Gasteiger partial charge in [-0.2, -0.15) is 0 Å². The van der Waals surface area contributed by atoms with Crippen molar-refractivity contribution >= 4 is 25.7 Å². The number of hydrogen-bond acceptors (Lipinski definition) is 9. The van der Waals surface area contributed by atoms with E-state index >= 15 is 0 Å². The van der Waals surface area contributed by atoms with E-state index in [0.717, 1.165) is 44.9 Å². The molecule has 0 spiro atoms. The zero-order valence-electron chi connectivity index (χ0n) is 41.8. The summed E-state index contributed by atoms with van der Waals surface area (Å²) < 4.78 is 32.8. The normalized spacial score (nSPS) is 14.0. The molecule has 0 radical (unpaired) electrons. The van der Waals surface area contributed by atoms with E-state index in [9.17, 15) is 23.8 Å². The summed E-state index contributed by atoms with van der Waals surface area (Å²) in [5, 5.41) is 8.92. The zero-order chi connectivity index (χ0) is 48.4. The van der Waals surface area contributed by atoms with Gasteiger partial charge in [0.25, 0.3) is 0 Å². The first-order valence-electron chi connectivity index (χ1n) is 26.3. The number of carbonyl (C=O) groups excluding carboxylic acids is 2. The van der Waals surface area contributed by atoms with E-state index in [-0.39, 0.29) is 19.4 Å². The number of carboxylic acids is 1. The lowest BCUT2D eigenvalue weighted by atomic mass is 10.0. The van der Waals surface area contributed by atoms with Gasteiger partial charge in [0, 0.05) is 12.8 Å². The van der Waals surface area contributed by atoms with E-state index in [0.29, 0.717) is 12.8 Å². The number of phosphoric ester groups is 1. The fraction of sp³-hybridized carbons (Fsp3) is 0.759. The van der Waals surface area contributed by atoms with E-state index in [1.165, 1.54) is 148 Å². The fourth-order valence-corrected chi connectivity index (χ4v) is 7.95. The lowest BCUT2D eigenvalue weighted by molar-refractivity contribution is -0.161. The molecule has 0 aliphatic heterocycles. The lowest BCUT2D eigenvalue weighted by Gasteiger charge is -2.20.